The third kappa shape index (κ3) is 4.36. The summed E-state index contributed by atoms with van der Waals surface area (Å²) in [6.45, 7) is 2.72. The number of fused-ring (bicyclic) bond motifs is 1. The van der Waals surface area contributed by atoms with Crippen LogP contribution in [0.4, 0.5) is 0 Å². The molecule has 0 radical (unpaired) electrons. The second-order valence-corrected chi connectivity index (χ2v) is 8.83. The van der Waals surface area contributed by atoms with Crippen molar-refractivity contribution in [3.63, 3.8) is 0 Å². The lowest BCUT2D eigenvalue weighted by atomic mass is 10.1. The second-order valence-electron chi connectivity index (χ2n) is 6.42. The fraction of sp³-hybridized carbons (Fsp3) is 0.389. The lowest BCUT2D eigenvalue weighted by molar-refractivity contribution is -0.119. The first kappa shape index (κ1) is 18.1. The van der Waals surface area contributed by atoms with Crippen molar-refractivity contribution in [2.75, 3.05) is 5.75 Å². The van der Waals surface area contributed by atoms with Gasteiger partial charge in [-0.1, -0.05) is 53.4 Å². The molecule has 1 aliphatic heterocycles. The Balaban J connectivity index is 1.35. The summed E-state index contributed by atoms with van der Waals surface area (Å²) in [5.74, 6) is 2.30. The van der Waals surface area contributed by atoms with E-state index in [4.69, 9.17) is 0 Å². The third-order valence-corrected chi connectivity index (χ3v) is 6.45. The number of nitrogens with zero attached hydrogens (tertiary/aromatic N) is 5. The Morgan fingerprint density at radius 3 is 2.85 bits per heavy atom. The van der Waals surface area contributed by atoms with E-state index in [1.54, 1.807) is 0 Å². The number of carbonyl (C=O) groups excluding carboxylic acids is 1. The van der Waals surface area contributed by atoms with Crippen molar-refractivity contribution in [3.8, 4) is 11.4 Å². The number of carbonyl (C=O) groups is 1. The minimum atomic E-state index is 0.0406. The fourth-order valence-corrected chi connectivity index (χ4v) is 4.79. The van der Waals surface area contributed by atoms with E-state index in [1.165, 1.54) is 23.1 Å². The van der Waals surface area contributed by atoms with E-state index < -0.39 is 0 Å². The van der Waals surface area contributed by atoms with Gasteiger partial charge in [-0.2, -0.15) is 0 Å². The van der Waals surface area contributed by atoms with Crippen LogP contribution in [0.5, 0.6) is 0 Å². The maximum atomic E-state index is 12.3. The number of aryl methyl sites for hydroxylation is 2. The Morgan fingerprint density at radius 1 is 1.22 bits per heavy atom. The average Bonchev–Trinajstić information content (AvgIpc) is 3.23. The molecule has 0 saturated carbocycles. The van der Waals surface area contributed by atoms with Gasteiger partial charge in [0.2, 0.25) is 5.91 Å². The molecule has 1 aliphatic rings. The Hall–Kier alpha value is -2.26. The number of thioether (sulfide) groups is 1. The van der Waals surface area contributed by atoms with E-state index in [1.807, 2.05) is 37.3 Å². The van der Waals surface area contributed by atoms with Gasteiger partial charge in [0.25, 0.3) is 0 Å². The molecule has 9 heteroatoms. The molecule has 3 aromatic rings. The van der Waals surface area contributed by atoms with E-state index in [9.17, 15) is 4.79 Å². The van der Waals surface area contributed by atoms with E-state index in [2.05, 4.69) is 30.3 Å². The van der Waals surface area contributed by atoms with Crippen molar-refractivity contribution in [1.82, 2.24) is 30.3 Å². The van der Waals surface area contributed by atoms with Crippen LogP contribution in [0.25, 0.3) is 11.4 Å². The first-order chi connectivity index (χ1) is 13.2. The number of hydrogen-bond acceptors (Lipinski definition) is 7. The molecule has 0 saturated heterocycles. The fourth-order valence-electron chi connectivity index (χ4n) is 3.17. The van der Waals surface area contributed by atoms with Crippen LogP contribution in [0.3, 0.4) is 0 Å². The minimum Gasteiger partial charge on any atom is -0.353 e. The molecule has 140 valence electrons. The molecule has 2 aromatic heterocycles. The third-order valence-electron chi connectivity index (χ3n) is 4.48. The number of rotatable bonds is 5. The number of aromatic nitrogens is 5. The van der Waals surface area contributed by atoms with E-state index in [0.717, 1.165) is 52.4 Å². The lowest BCUT2D eigenvalue weighted by Gasteiger charge is -2.16. The van der Waals surface area contributed by atoms with Crippen LogP contribution in [0.2, 0.25) is 0 Å². The van der Waals surface area contributed by atoms with Gasteiger partial charge in [-0.05, 0) is 19.8 Å². The molecule has 1 unspecified atom stereocenters. The SMILES string of the molecule is Cc1nnc(SCC(=O)NC2CCc3nnc(-c4ccccc4)n3CC2)s1. The van der Waals surface area contributed by atoms with Crippen LogP contribution < -0.4 is 5.32 Å². The number of benzene rings is 1. The van der Waals surface area contributed by atoms with Gasteiger partial charge in [0.05, 0.1) is 5.75 Å². The average molecular weight is 401 g/mol. The molecule has 0 bridgehead atoms. The minimum absolute atomic E-state index is 0.0406. The van der Waals surface area contributed by atoms with Gasteiger partial charge in [0.15, 0.2) is 10.2 Å². The molecule has 7 nitrogen and oxygen atoms in total. The molecule has 0 aliphatic carbocycles. The molecule has 1 atom stereocenters. The van der Waals surface area contributed by atoms with Crippen molar-refractivity contribution in [2.45, 2.75) is 43.1 Å². The van der Waals surface area contributed by atoms with Gasteiger partial charge in [0.1, 0.15) is 10.8 Å². The maximum Gasteiger partial charge on any atom is 0.230 e. The summed E-state index contributed by atoms with van der Waals surface area (Å²) in [7, 11) is 0. The van der Waals surface area contributed by atoms with Gasteiger partial charge in [-0.25, -0.2) is 0 Å². The predicted octanol–water partition coefficient (Wildman–Crippen LogP) is 2.72. The first-order valence-electron chi connectivity index (χ1n) is 8.89. The topological polar surface area (TPSA) is 85.6 Å². The van der Waals surface area contributed by atoms with Crippen LogP contribution >= 0.6 is 23.1 Å². The zero-order valence-corrected chi connectivity index (χ0v) is 16.6. The van der Waals surface area contributed by atoms with Crippen LogP contribution in [-0.2, 0) is 17.8 Å². The summed E-state index contributed by atoms with van der Waals surface area (Å²) in [4.78, 5) is 12.3. The predicted molar refractivity (Wildman–Crippen MR) is 106 cm³/mol. The van der Waals surface area contributed by atoms with Gasteiger partial charge in [-0.3, -0.25) is 4.79 Å². The first-order valence-corrected chi connectivity index (χ1v) is 10.7. The largest absolute Gasteiger partial charge is 0.353 e. The molecule has 4 rings (SSSR count). The summed E-state index contributed by atoms with van der Waals surface area (Å²) in [5, 5.41) is 20.8. The Bertz CT molecular complexity index is 923. The quantitative estimate of drug-likeness (QED) is 0.663. The van der Waals surface area contributed by atoms with E-state index in [-0.39, 0.29) is 11.9 Å². The van der Waals surface area contributed by atoms with Gasteiger partial charge in [-0.15, -0.1) is 20.4 Å². The standard InChI is InChI=1S/C18H20N6OS2/c1-12-20-23-18(27-12)26-11-16(25)19-14-7-8-15-21-22-17(24(15)10-9-14)13-5-3-2-4-6-13/h2-6,14H,7-11H2,1H3,(H,19,25). The molecule has 0 fully saturated rings. The zero-order chi connectivity index (χ0) is 18.6. The van der Waals surface area contributed by atoms with Crippen LogP contribution in [0, 0.1) is 6.92 Å². The van der Waals surface area contributed by atoms with Gasteiger partial charge >= 0.3 is 0 Å². The molecule has 0 spiro atoms. The zero-order valence-electron chi connectivity index (χ0n) is 15.0. The highest BCUT2D eigenvalue weighted by Crippen LogP contribution is 2.24. The number of hydrogen-bond donors (Lipinski definition) is 1. The van der Waals surface area contributed by atoms with Crippen molar-refractivity contribution in [1.29, 1.82) is 0 Å². The molecule has 1 N–H and O–H groups in total. The highest BCUT2D eigenvalue weighted by atomic mass is 32.2. The van der Waals surface area contributed by atoms with Crippen molar-refractivity contribution in [3.05, 3.63) is 41.2 Å². The smallest absolute Gasteiger partial charge is 0.230 e. The highest BCUT2D eigenvalue weighted by Gasteiger charge is 2.22. The second kappa shape index (κ2) is 8.18. The molecule has 3 heterocycles. The van der Waals surface area contributed by atoms with Crippen molar-refractivity contribution in [2.24, 2.45) is 0 Å². The lowest BCUT2D eigenvalue weighted by Crippen LogP contribution is -2.36. The van der Waals surface area contributed by atoms with Gasteiger partial charge < -0.3 is 9.88 Å². The number of amides is 1. The van der Waals surface area contributed by atoms with Crippen LogP contribution in [0.15, 0.2) is 34.7 Å². The van der Waals surface area contributed by atoms with Crippen LogP contribution in [-0.4, -0.2) is 42.7 Å². The number of nitrogens with one attached hydrogen (secondary N) is 1. The summed E-state index contributed by atoms with van der Waals surface area (Å²) in [6.07, 6.45) is 2.56. The van der Waals surface area contributed by atoms with Crippen LogP contribution in [0.1, 0.15) is 23.7 Å². The van der Waals surface area contributed by atoms with Crippen molar-refractivity contribution >= 4 is 29.0 Å². The Labute approximate surface area is 165 Å². The summed E-state index contributed by atoms with van der Waals surface area (Å²) < 4.78 is 3.02. The maximum absolute atomic E-state index is 12.3. The summed E-state index contributed by atoms with van der Waals surface area (Å²) in [6, 6.07) is 10.3. The van der Waals surface area contributed by atoms with Crippen molar-refractivity contribution < 1.29 is 4.79 Å². The molecule has 1 amide bonds. The molecule has 1 aromatic carbocycles. The van der Waals surface area contributed by atoms with E-state index in [0.29, 0.717) is 5.75 Å². The normalized spacial score (nSPS) is 16.6. The molecular formula is C18H20N6OS2. The molecular weight excluding hydrogens is 380 g/mol. The Morgan fingerprint density at radius 2 is 2.07 bits per heavy atom. The van der Waals surface area contributed by atoms with E-state index >= 15 is 0 Å². The summed E-state index contributed by atoms with van der Waals surface area (Å²) in [5.41, 5.74) is 1.07. The molecule has 27 heavy (non-hydrogen) atoms. The highest BCUT2D eigenvalue weighted by molar-refractivity contribution is 8.01. The van der Waals surface area contributed by atoms with Gasteiger partial charge in [0, 0.05) is 24.6 Å². The monoisotopic (exact) mass is 400 g/mol. The summed E-state index contributed by atoms with van der Waals surface area (Å²) >= 11 is 2.95. The Kier molecular flexibility index (Phi) is 5.49.